The Bertz CT molecular complexity index is 1070. The van der Waals surface area contributed by atoms with E-state index in [4.69, 9.17) is 14.2 Å². The molecule has 1 N–H and O–H groups in total. The van der Waals surface area contributed by atoms with Crippen molar-refractivity contribution in [2.75, 3.05) is 13.9 Å². The van der Waals surface area contributed by atoms with Crippen molar-refractivity contribution in [3.05, 3.63) is 77.5 Å². The Kier molecular flexibility index (Phi) is 6.14. The molecule has 1 aliphatic rings. The van der Waals surface area contributed by atoms with Gasteiger partial charge < -0.3 is 14.2 Å². The molecule has 0 spiro atoms. The van der Waals surface area contributed by atoms with Crippen molar-refractivity contribution in [3.63, 3.8) is 0 Å². The number of rotatable bonds is 7. The van der Waals surface area contributed by atoms with Crippen LogP contribution in [0.15, 0.2) is 70.9 Å². The topological polar surface area (TPSA) is 82.0 Å². The highest BCUT2D eigenvalue weighted by molar-refractivity contribution is 7.98. The minimum Gasteiger partial charge on any atom is -0.496 e. The first-order chi connectivity index (χ1) is 14.7. The fourth-order valence-corrected chi connectivity index (χ4v) is 3.68. The molecule has 7 nitrogen and oxygen atoms in total. The first-order valence-corrected chi connectivity index (χ1v) is 10.2. The summed E-state index contributed by atoms with van der Waals surface area (Å²) in [6.45, 7) is 0.164. The number of benzene rings is 2. The quantitative estimate of drug-likeness (QED) is 0.354. The number of nitrogens with zero attached hydrogens (tertiary/aromatic N) is 2. The number of methoxy groups -OCH3 is 1. The number of hydrogen-bond acceptors (Lipinski definition) is 7. The molecule has 1 amide bonds. The Hall–Kier alpha value is -3.52. The van der Waals surface area contributed by atoms with Crippen LogP contribution in [0.1, 0.15) is 21.5 Å². The van der Waals surface area contributed by atoms with Gasteiger partial charge in [0, 0.05) is 23.1 Å². The Balaban J connectivity index is 1.41. The Morgan fingerprint density at radius 2 is 2.10 bits per heavy atom. The van der Waals surface area contributed by atoms with Crippen LogP contribution in [0.4, 0.5) is 0 Å². The van der Waals surface area contributed by atoms with Gasteiger partial charge >= 0.3 is 0 Å². The predicted octanol–water partition coefficient (Wildman–Crippen LogP) is 3.88. The maximum atomic E-state index is 12.3. The van der Waals surface area contributed by atoms with E-state index >= 15 is 0 Å². The highest BCUT2D eigenvalue weighted by atomic mass is 32.2. The van der Waals surface area contributed by atoms with E-state index < -0.39 is 0 Å². The fraction of sp³-hybridized carbons (Fsp3) is 0.136. The van der Waals surface area contributed by atoms with Gasteiger partial charge in [0.15, 0.2) is 11.5 Å². The van der Waals surface area contributed by atoms with Gasteiger partial charge in [-0.15, -0.1) is 11.8 Å². The summed E-state index contributed by atoms with van der Waals surface area (Å²) in [4.78, 5) is 16.6. The molecule has 0 saturated carbocycles. The number of aromatic nitrogens is 1. The van der Waals surface area contributed by atoms with Gasteiger partial charge in [-0.05, 0) is 54.1 Å². The van der Waals surface area contributed by atoms with Gasteiger partial charge in [0.25, 0.3) is 5.91 Å². The average Bonchev–Trinajstić information content (AvgIpc) is 3.26. The van der Waals surface area contributed by atoms with Crippen molar-refractivity contribution in [2.45, 2.75) is 10.8 Å². The molecule has 2 aromatic carbocycles. The zero-order valence-electron chi connectivity index (χ0n) is 16.2. The standard InChI is InChI=1S/C22H19N3O4S/c1-27-18-7-5-15(10-17(18)13-30-21-4-2-3-9-23-21)12-24-25-22(26)16-6-8-19-20(11-16)29-14-28-19/h2-12H,13-14H2,1H3,(H,25,26)/b24-12+. The van der Waals surface area contributed by atoms with Crippen LogP contribution in [0.5, 0.6) is 17.2 Å². The second kappa shape index (κ2) is 9.32. The van der Waals surface area contributed by atoms with Crippen LogP contribution in [0.25, 0.3) is 0 Å². The smallest absolute Gasteiger partial charge is 0.271 e. The molecule has 0 fully saturated rings. The van der Waals surface area contributed by atoms with E-state index in [1.54, 1.807) is 49.5 Å². The lowest BCUT2D eigenvalue weighted by atomic mass is 10.1. The molecule has 3 aromatic rings. The Morgan fingerprint density at radius 3 is 2.93 bits per heavy atom. The zero-order valence-corrected chi connectivity index (χ0v) is 17.0. The largest absolute Gasteiger partial charge is 0.496 e. The van der Waals surface area contributed by atoms with Crippen LogP contribution in [0.2, 0.25) is 0 Å². The number of ether oxygens (including phenoxy) is 3. The third-order valence-corrected chi connectivity index (χ3v) is 5.32. The molecule has 0 bridgehead atoms. The summed E-state index contributed by atoms with van der Waals surface area (Å²) < 4.78 is 16.0. The predicted molar refractivity (Wildman–Crippen MR) is 114 cm³/mol. The van der Waals surface area contributed by atoms with Gasteiger partial charge in [-0.2, -0.15) is 5.10 Å². The number of carbonyl (C=O) groups is 1. The third kappa shape index (κ3) is 4.72. The molecule has 30 heavy (non-hydrogen) atoms. The minimum absolute atomic E-state index is 0.164. The van der Waals surface area contributed by atoms with Gasteiger partial charge in [0.1, 0.15) is 5.75 Å². The molecule has 0 saturated heterocycles. The fourth-order valence-electron chi connectivity index (χ4n) is 2.84. The van der Waals surface area contributed by atoms with Gasteiger partial charge in [0.2, 0.25) is 6.79 Å². The number of nitrogens with one attached hydrogen (secondary N) is 1. The van der Waals surface area contributed by atoms with Crippen LogP contribution in [-0.4, -0.2) is 31.0 Å². The number of pyridine rings is 1. The lowest BCUT2D eigenvalue weighted by Crippen LogP contribution is -2.17. The molecule has 1 aromatic heterocycles. The molecule has 0 aliphatic carbocycles. The van der Waals surface area contributed by atoms with Gasteiger partial charge in [-0.1, -0.05) is 6.07 Å². The molecule has 2 heterocycles. The summed E-state index contributed by atoms with van der Waals surface area (Å²) in [5.74, 6) is 2.34. The summed E-state index contributed by atoms with van der Waals surface area (Å²) in [6.07, 6.45) is 3.37. The van der Waals surface area contributed by atoms with Crippen molar-refractivity contribution in [1.29, 1.82) is 0 Å². The highest BCUT2D eigenvalue weighted by Gasteiger charge is 2.15. The monoisotopic (exact) mass is 421 g/mol. The van der Waals surface area contributed by atoms with E-state index in [9.17, 15) is 4.79 Å². The molecular weight excluding hydrogens is 402 g/mol. The molecule has 8 heteroatoms. The summed E-state index contributed by atoms with van der Waals surface area (Å²) >= 11 is 1.62. The number of amides is 1. The van der Waals surface area contributed by atoms with Crippen molar-refractivity contribution in [1.82, 2.24) is 10.4 Å². The van der Waals surface area contributed by atoms with E-state index in [0.717, 1.165) is 21.9 Å². The number of thioether (sulfide) groups is 1. The van der Waals surface area contributed by atoms with Crippen LogP contribution in [0.3, 0.4) is 0 Å². The van der Waals surface area contributed by atoms with Crippen LogP contribution in [-0.2, 0) is 5.75 Å². The van der Waals surface area contributed by atoms with Crippen molar-refractivity contribution in [3.8, 4) is 17.2 Å². The first kappa shape index (κ1) is 19.8. The van der Waals surface area contributed by atoms with E-state index in [-0.39, 0.29) is 12.7 Å². The van der Waals surface area contributed by atoms with Crippen molar-refractivity contribution < 1.29 is 19.0 Å². The van der Waals surface area contributed by atoms with Gasteiger partial charge in [-0.25, -0.2) is 10.4 Å². The number of fused-ring (bicyclic) bond motifs is 1. The average molecular weight is 421 g/mol. The lowest BCUT2D eigenvalue weighted by Gasteiger charge is -2.09. The SMILES string of the molecule is COc1ccc(/C=N/NC(=O)c2ccc3c(c2)OCO3)cc1CSc1ccccn1. The van der Waals surface area contributed by atoms with Crippen LogP contribution >= 0.6 is 11.8 Å². The Morgan fingerprint density at radius 1 is 1.20 bits per heavy atom. The molecule has 152 valence electrons. The molecule has 0 unspecified atom stereocenters. The number of carbonyl (C=O) groups excluding carboxylic acids is 1. The van der Waals surface area contributed by atoms with Gasteiger partial charge in [0.05, 0.1) is 18.4 Å². The van der Waals surface area contributed by atoms with E-state index in [1.165, 1.54) is 0 Å². The summed E-state index contributed by atoms with van der Waals surface area (Å²) in [5.41, 5.74) is 4.83. The maximum Gasteiger partial charge on any atom is 0.271 e. The lowest BCUT2D eigenvalue weighted by molar-refractivity contribution is 0.0954. The van der Waals surface area contributed by atoms with E-state index in [1.807, 2.05) is 36.4 Å². The van der Waals surface area contributed by atoms with Crippen LogP contribution in [0, 0.1) is 0 Å². The highest BCUT2D eigenvalue weighted by Crippen LogP contribution is 2.32. The van der Waals surface area contributed by atoms with Crippen molar-refractivity contribution in [2.24, 2.45) is 5.10 Å². The van der Waals surface area contributed by atoms with E-state index in [0.29, 0.717) is 22.8 Å². The zero-order chi connectivity index (χ0) is 20.8. The molecule has 4 rings (SSSR count). The summed E-state index contributed by atoms with van der Waals surface area (Å²) in [6, 6.07) is 16.6. The first-order valence-electron chi connectivity index (χ1n) is 9.17. The summed E-state index contributed by atoms with van der Waals surface area (Å²) in [7, 11) is 1.64. The maximum absolute atomic E-state index is 12.3. The molecule has 0 radical (unpaired) electrons. The number of hydrogen-bond donors (Lipinski definition) is 1. The Labute approximate surface area is 178 Å². The van der Waals surface area contributed by atoms with Crippen molar-refractivity contribution >= 4 is 23.9 Å². The second-order valence-corrected chi connectivity index (χ2v) is 7.29. The number of hydrazone groups is 1. The summed E-state index contributed by atoms with van der Waals surface area (Å²) in [5, 5.41) is 5.01. The third-order valence-electron chi connectivity index (χ3n) is 4.33. The molecular formula is C22H19N3O4S. The second-order valence-electron chi connectivity index (χ2n) is 6.30. The molecule has 1 aliphatic heterocycles. The molecule has 0 atom stereocenters. The minimum atomic E-state index is -0.330. The van der Waals surface area contributed by atoms with Gasteiger partial charge in [-0.3, -0.25) is 4.79 Å². The van der Waals surface area contributed by atoms with E-state index in [2.05, 4.69) is 15.5 Å². The van der Waals surface area contributed by atoms with Crippen LogP contribution < -0.4 is 19.6 Å². The normalized spacial score (nSPS) is 12.2.